The molecule has 0 radical (unpaired) electrons. The van der Waals surface area contributed by atoms with Gasteiger partial charge >= 0.3 is 0 Å². The van der Waals surface area contributed by atoms with Crippen molar-refractivity contribution in [2.24, 2.45) is 5.92 Å². The van der Waals surface area contributed by atoms with Gasteiger partial charge in [-0.05, 0) is 37.0 Å². The third-order valence-corrected chi connectivity index (χ3v) is 4.02. The second-order valence-electron chi connectivity index (χ2n) is 5.17. The van der Waals surface area contributed by atoms with Crippen molar-refractivity contribution in [2.45, 2.75) is 44.7 Å². The highest BCUT2D eigenvalue weighted by Crippen LogP contribution is 2.29. The Labute approximate surface area is 115 Å². The predicted molar refractivity (Wildman–Crippen MR) is 75.9 cm³/mol. The third-order valence-electron chi connectivity index (χ3n) is 4.02. The molecule has 1 N–H and O–H groups in total. The lowest BCUT2D eigenvalue weighted by atomic mass is 10.00. The topological polar surface area (TPSA) is 45.0 Å². The molecule has 0 heterocycles. The third kappa shape index (κ3) is 3.27. The summed E-state index contributed by atoms with van der Waals surface area (Å²) >= 11 is 0. The first-order valence-corrected chi connectivity index (χ1v) is 7.08. The number of nitrogens with zero attached hydrogens (tertiary/aromatic N) is 1. The number of hydrogen-bond donors (Lipinski definition) is 1. The Bertz CT molecular complexity index is 435. The molecule has 1 aromatic carbocycles. The average molecular weight is 258 g/mol. The molecule has 1 fully saturated rings. The van der Waals surface area contributed by atoms with E-state index in [1.165, 1.54) is 5.56 Å². The highest BCUT2D eigenvalue weighted by molar-refractivity contribution is 5.29. The van der Waals surface area contributed by atoms with E-state index < -0.39 is 0 Å². The quantitative estimate of drug-likeness (QED) is 0.880. The summed E-state index contributed by atoms with van der Waals surface area (Å²) < 4.78 is 5.19. The first-order valence-electron chi connectivity index (χ1n) is 7.08. The summed E-state index contributed by atoms with van der Waals surface area (Å²) in [5.74, 6) is 1.06. The molecule has 2 rings (SSSR count). The fraction of sp³-hybridized carbons (Fsp3) is 0.562. The number of rotatable bonds is 5. The number of nitriles is 1. The van der Waals surface area contributed by atoms with E-state index in [1.807, 2.05) is 12.1 Å². The van der Waals surface area contributed by atoms with Crippen LogP contribution in [-0.4, -0.2) is 13.2 Å². The summed E-state index contributed by atoms with van der Waals surface area (Å²) in [6, 6.07) is 11.3. The smallest absolute Gasteiger partial charge is 0.118 e. The van der Waals surface area contributed by atoms with Crippen LogP contribution in [0.15, 0.2) is 24.3 Å². The molecule has 0 aromatic heterocycles. The Hall–Kier alpha value is -1.53. The van der Waals surface area contributed by atoms with Gasteiger partial charge in [0.1, 0.15) is 5.75 Å². The van der Waals surface area contributed by atoms with E-state index in [0.29, 0.717) is 12.1 Å². The Balaban J connectivity index is 2.05. The molecule has 3 atom stereocenters. The van der Waals surface area contributed by atoms with Crippen LogP contribution >= 0.6 is 0 Å². The minimum atomic E-state index is 0.173. The maximum Gasteiger partial charge on any atom is 0.118 e. The van der Waals surface area contributed by atoms with Crippen molar-refractivity contribution >= 4 is 0 Å². The number of hydrogen-bond acceptors (Lipinski definition) is 3. The van der Waals surface area contributed by atoms with Gasteiger partial charge in [0.2, 0.25) is 0 Å². The van der Waals surface area contributed by atoms with Crippen molar-refractivity contribution in [1.82, 2.24) is 5.32 Å². The van der Waals surface area contributed by atoms with Crippen LogP contribution in [0.3, 0.4) is 0 Å². The van der Waals surface area contributed by atoms with Gasteiger partial charge in [-0.3, -0.25) is 0 Å². The highest BCUT2D eigenvalue weighted by Gasteiger charge is 2.28. The SMILES string of the molecule is CCC(NC1CCCC1C#N)c1ccc(OC)cc1. The number of benzene rings is 1. The summed E-state index contributed by atoms with van der Waals surface area (Å²) in [5, 5.41) is 12.8. The monoisotopic (exact) mass is 258 g/mol. The molecule has 1 aliphatic carbocycles. The van der Waals surface area contributed by atoms with Crippen molar-refractivity contribution in [2.75, 3.05) is 7.11 Å². The van der Waals surface area contributed by atoms with Crippen LogP contribution in [0.5, 0.6) is 5.75 Å². The van der Waals surface area contributed by atoms with Crippen LogP contribution in [0, 0.1) is 17.2 Å². The molecule has 0 bridgehead atoms. The Morgan fingerprint density at radius 2 is 2.11 bits per heavy atom. The standard InChI is InChI=1S/C16H22N2O/c1-3-15(12-7-9-14(19-2)10-8-12)18-16-6-4-5-13(16)11-17/h7-10,13,15-16,18H,3-6H2,1-2H3. The lowest BCUT2D eigenvalue weighted by Gasteiger charge is -2.24. The van der Waals surface area contributed by atoms with Crippen molar-refractivity contribution in [3.8, 4) is 11.8 Å². The zero-order valence-corrected chi connectivity index (χ0v) is 11.7. The van der Waals surface area contributed by atoms with E-state index in [-0.39, 0.29) is 5.92 Å². The summed E-state index contributed by atoms with van der Waals surface area (Å²) in [7, 11) is 1.68. The molecular weight excluding hydrogens is 236 g/mol. The maximum atomic E-state index is 9.15. The first kappa shape index (κ1) is 13.9. The van der Waals surface area contributed by atoms with Gasteiger partial charge in [0, 0.05) is 12.1 Å². The van der Waals surface area contributed by atoms with E-state index in [0.717, 1.165) is 31.4 Å². The average Bonchev–Trinajstić information content (AvgIpc) is 2.92. The predicted octanol–water partition coefficient (Wildman–Crippen LogP) is 3.43. The van der Waals surface area contributed by atoms with Crippen LogP contribution < -0.4 is 10.1 Å². The normalized spacial score (nSPS) is 23.8. The molecule has 102 valence electrons. The maximum absolute atomic E-state index is 9.15. The molecule has 3 nitrogen and oxygen atoms in total. The van der Waals surface area contributed by atoms with Gasteiger partial charge in [-0.25, -0.2) is 0 Å². The van der Waals surface area contributed by atoms with Gasteiger partial charge in [-0.1, -0.05) is 25.5 Å². The molecule has 19 heavy (non-hydrogen) atoms. The van der Waals surface area contributed by atoms with Crippen LogP contribution in [-0.2, 0) is 0 Å². The van der Waals surface area contributed by atoms with Crippen LogP contribution in [0.25, 0.3) is 0 Å². The molecule has 3 unspecified atom stereocenters. The molecule has 1 aromatic rings. The van der Waals surface area contributed by atoms with Crippen LogP contribution in [0.4, 0.5) is 0 Å². The molecule has 0 amide bonds. The minimum absolute atomic E-state index is 0.173. The fourth-order valence-corrected chi connectivity index (χ4v) is 2.86. The Morgan fingerprint density at radius 1 is 1.37 bits per heavy atom. The molecule has 0 spiro atoms. The summed E-state index contributed by atoms with van der Waals surface area (Å²) in [4.78, 5) is 0. The van der Waals surface area contributed by atoms with Gasteiger partial charge < -0.3 is 10.1 Å². The van der Waals surface area contributed by atoms with E-state index in [2.05, 4.69) is 30.4 Å². The van der Waals surface area contributed by atoms with Gasteiger partial charge in [-0.2, -0.15) is 5.26 Å². The van der Waals surface area contributed by atoms with Gasteiger partial charge in [-0.15, -0.1) is 0 Å². The zero-order chi connectivity index (χ0) is 13.7. The summed E-state index contributed by atoms with van der Waals surface area (Å²) in [6.45, 7) is 2.18. The Morgan fingerprint density at radius 3 is 2.68 bits per heavy atom. The van der Waals surface area contributed by atoms with E-state index in [9.17, 15) is 0 Å². The molecule has 1 aliphatic rings. The van der Waals surface area contributed by atoms with Crippen molar-refractivity contribution in [3.05, 3.63) is 29.8 Å². The van der Waals surface area contributed by atoms with Crippen molar-refractivity contribution in [1.29, 1.82) is 5.26 Å². The second-order valence-corrected chi connectivity index (χ2v) is 5.17. The number of methoxy groups -OCH3 is 1. The summed E-state index contributed by atoms with van der Waals surface area (Å²) in [6.07, 6.45) is 4.34. The minimum Gasteiger partial charge on any atom is -0.497 e. The van der Waals surface area contributed by atoms with Gasteiger partial charge in [0.25, 0.3) is 0 Å². The van der Waals surface area contributed by atoms with Crippen molar-refractivity contribution < 1.29 is 4.74 Å². The molecule has 1 saturated carbocycles. The Kier molecular flexibility index (Phi) is 4.81. The van der Waals surface area contributed by atoms with Crippen LogP contribution in [0.1, 0.15) is 44.2 Å². The van der Waals surface area contributed by atoms with Crippen LogP contribution in [0.2, 0.25) is 0 Å². The fourth-order valence-electron chi connectivity index (χ4n) is 2.86. The molecule has 3 heteroatoms. The lowest BCUT2D eigenvalue weighted by molar-refractivity contribution is 0.392. The lowest BCUT2D eigenvalue weighted by Crippen LogP contribution is -2.34. The highest BCUT2D eigenvalue weighted by atomic mass is 16.5. The summed E-state index contributed by atoms with van der Waals surface area (Å²) in [5.41, 5.74) is 1.27. The molecule has 0 aliphatic heterocycles. The number of nitrogens with one attached hydrogen (secondary N) is 1. The number of ether oxygens (including phenoxy) is 1. The largest absolute Gasteiger partial charge is 0.497 e. The van der Waals surface area contributed by atoms with Crippen molar-refractivity contribution in [3.63, 3.8) is 0 Å². The van der Waals surface area contributed by atoms with E-state index in [1.54, 1.807) is 7.11 Å². The molecular formula is C16H22N2O. The van der Waals surface area contributed by atoms with E-state index >= 15 is 0 Å². The van der Waals surface area contributed by atoms with Gasteiger partial charge in [0.05, 0.1) is 19.1 Å². The first-order chi connectivity index (χ1) is 9.28. The molecule has 0 saturated heterocycles. The van der Waals surface area contributed by atoms with E-state index in [4.69, 9.17) is 10.00 Å². The van der Waals surface area contributed by atoms with Gasteiger partial charge in [0.15, 0.2) is 0 Å². The second kappa shape index (κ2) is 6.58. The zero-order valence-electron chi connectivity index (χ0n) is 11.7.